The molecular formula is C20H20N2O2S. The molecule has 0 aliphatic heterocycles. The third kappa shape index (κ3) is 4.53. The predicted molar refractivity (Wildman–Crippen MR) is 100 cm³/mol. The molecule has 0 saturated heterocycles. The van der Waals surface area contributed by atoms with Crippen LogP contribution in [0.5, 0.6) is 0 Å². The summed E-state index contributed by atoms with van der Waals surface area (Å²) >= 11 is 1.62. The molecule has 0 bridgehead atoms. The zero-order valence-electron chi connectivity index (χ0n) is 14.0. The van der Waals surface area contributed by atoms with Crippen LogP contribution in [0.3, 0.4) is 0 Å². The molecule has 3 aromatic rings. The second-order valence-corrected chi connectivity index (χ2v) is 6.70. The number of nitrogens with zero attached hydrogens (tertiary/aromatic N) is 1. The van der Waals surface area contributed by atoms with Gasteiger partial charge >= 0.3 is 5.97 Å². The molecular weight excluding hydrogens is 332 g/mol. The Labute approximate surface area is 151 Å². The van der Waals surface area contributed by atoms with Crippen molar-refractivity contribution >= 4 is 17.3 Å². The van der Waals surface area contributed by atoms with E-state index in [1.54, 1.807) is 11.3 Å². The summed E-state index contributed by atoms with van der Waals surface area (Å²) in [5.41, 5.74) is 12.0. The molecule has 1 heterocycles. The summed E-state index contributed by atoms with van der Waals surface area (Å²) in [5, 5.41) is 0. The normalized spacial score (nSPS) is 11.9. The van der Waals surface area contributed by atoms with Crippen LogP contribution in [0, 0.1) is 6.92 Å². The smallest absolute Gasteiger partial charge is 0.308 e. The summed E-state index contributed by atoms with van der Waals surface area (Å²) in [5.74, 6) is -0.293. The highest BCUT2D eigenvalue weighted by atomic mass is 32.1. The number of carbonyl (C=O) groups is 1. The van der Waals surface area contributed by atoms with E-state index < -0.39 is 0 Å². The quantitative estimate of drug-likeness (QED) is 0.674. The van der Waals surface area contributed by atoms with Gasteiger partial charge < -0.3 is 10.5 Å². The number of ether oxygens (including phenoxy) is 1. The maximum Gasteiger partial charge on any atom is 0.308 e. The molecule has 25 heavy (non-hydrogen) atoms. The van der Waals surface area contributed by atoms with Crippen molar-refractivity contribution in [1.29, 1.82) is 0 Å². The average Bonchev–Trinajstić information content (AvgIpc) is 3.07. The number of carbonyl (C=O) groups excluding carboxylic acids is 1. The highest BCUT2D eigenvalue weighted by Crippen LogP contribution is 2.28. The van der Waals surface area contributed by atoms with Gasteiger partial charge in [0.2, 0.25) is 0 Å². The van der Waals surface area contributed by atoms with Crippen molar-refractivity contribution in [3.8, 4) is 10.4 Å². The third-order valence-corrected chi connectivity index (χ3v) is 4.95. The minimum absolute atomic E-state index is 0.158. The maximum atomic E-state index is 12.0. The van der Waals surface area contributed by atoms with Crippen LogP contribution in [-0.2, 0) is 16.1 Å². The lowest BCUT2D eigenvalue weighted by Crippen LogP contribution is -2.17. The summed E-state index contributed by atoms with van der Waals surface area (Å²) in [6.07, 6.45) is 0.158. The van der Waals surface area contributed by atoms with Gasteiger partial charge in [-0.1, -0.05) is 54.6 Å². The van der Waals surface area contributed by atoms with Gasteiger partial charge in [0.25, 0.3) is 0 Å². The molecule has 4 nitrogen and oxygen atoms in total. The van der Waals surface area contributed by atoms with Crippen LogP contribution in [-0.4, -0.2) is 11.0 Å². The molecule has 2 aromatic carbocycles. The van der Waals surface area contributed by atoms with Crippen LogP contribution in [0.2, 0.25) is 0 Å². The fraction of sp³-hybridized carbons (Fsp3) is 0.200. The van der Waals surface area contributed by atoms with Crippen molar-refractivity contribution in [2.24, 2.45) is 5.73 Å². The zero-order chi connectivity index (χ0) is 17.6. The zero-order valence-corrected chi connectivity index (χ0v) is 14.8. The van der Waals surface area contributed by atoms with E-state index in [-0.39, 0.29) is 25.0 Å². The van der Waals surface area contributed by atoms with Crippen LogP contribution < -0.4 is 5.73 Å². The number of nitrogens with two attached hydrogens (primary N) is 1. The maximum absolute atomic E-state index is 12.0. The summed E-state index contributed by atoms with van der Waals surface area (Å²) in [6.45, 7) is 2.27. The first-order valence-electron chi connectivity index (χ1n) is 8.09. The summed E-state index contributed by atoms with van der Waals surface area (Å²) in [6, 6.07) is 17.2. The van der Waals surface area contributed by atoms with E-state index >= 15 is 0 Å². The number of thiazole rings is 1. The largest absolute Gasteiger partial charge is 0.461 e. The Morgan fingerprint density at radius 2 is 1.88 bits per heavy atom. The summed E-state index contributed by atoms with van der Waals surface area (Å²) in [4.78, 5) is 17.4. The summed E-state index contributed by atoms with van der Waals surface area (Å²) < 4.78 is 5.29. The fourth-order valence-electron chi connectivity index (χ4n) is 2.56. The van der Waals surface area contributed by atoms with Crippen molar-refractivity contribution in [2.45, 2.75) is 26.0 Å². The number of rotatable bonds is 6. The monoisotopic (exact) mass is 352 g/mol. The molecule has 0 saturated carbocycles. The van der Waals surface area contributed by atoms with Crippen molar-refractivity contribution in [3.63, 3.8) is 0 Å². The first-order valence-corrected chi connectivity index (χ1v) is 8.97. The van der Waals surface area contributed by atoms with Gasteiger partial charge in [-0.15, -0.1) is 11.3 Å². The van der Waals surface area contributed by atoms with E-state index in [0.29, 0.717) is 0 Å². The molecule has 1 atom stereocenters. The van der Waals surface area contributed by atoms with Gasteiger partial charge in [0.05, 0.1) is 22.5 Å². The lowest BCUT2D eigenvalue weighted by molar-refractivity contribution is -0.145. The Balaban J connectivity index is 1.56. The van der Waals surface area contributed by atoms with Crippen LogP contribution in [0.1, 0.15) is 29.3 Å². The molecule has 5 heteroatoms. The van der Waals surface area contributed by atoms with Gasteiger partial charge in [-0.25, -0.2) is 4.98 Å². The number of hydrogen-bond acceptors (Lipinski definition) is 5. The van der Waals surface area contributed by atoms with Gasteiger partial charge in [0.15, 0.2) is 0 Å². The van der Waals surface area contributed by atoms with Crippen LogP contribution in [0.4, 0.5) is 0 Å². The number of esters is 1. The second kappa shape index (κ2) is 8.05. The minimum Gasteiger partial charge on any atom is -0.461 e. The van der Waals surface area contributed by atoms with Crippen molar-refractivity contribution in [2.75, 3.05) is 0 Å². The fourth-order valence-corrected chi connectivity index (χ4v) is 3.37. The Hall–Kier alpha value is -2.50. The SMILES string of the molecule is Cc1ncsc1-c1ccc([C@@H](N)CC(=O)OCc2ccccc2)cc1. The molecule has 0 aliphatic rings. The molecule has 0 unspecified atom stereocenters. The Bertz CT molecular complexity index is 828. The molecule has 2 N–H and O–H groups in total. The van der Waals surface area contributed by atoms with Gasteiger partial charge in [-0.2, -0.15) is 0 Å². The van der Waals surface area contributed by atoms with E-state index in [0.717, 1.165) is 27.3 Å². The second-order valence-electron chi connectivity index (χ2n) is 5.85. The van der Waals surface area contributed by atoms with Crippen molar-refractivity contribution in [1.82, 2.24) is 4.98 Å². The molecule has 0 fully saturated rings. The molecule has 0 aliphatic carbocycles. The highest BCUT2D eigenvalue weighted by Gasteiger charge is 2.14. The number of hydrogen-bond donors (Lipinski definition) is 1. The standard InChI is InChI=1S/C20H20N2O2S/c1-14-20(25-13-22-14)17-9-7-16(8-10-17)18(21)11-19(23)24-12-15-5-3-2-4-6-15/h2-10,13,18H,11-12,21H2,1H3/t18-/m0/s1. The van der Waals surface area contributed by atoms with Crippen molar-refractivity contribution in [3.05, 3.63) is 76.9 Å². The molecule has 0 radical (unpaired) electrons. The third-order valence-electron chi connectivity index (χ3n) is 3.98. The minimum atomic E-state index is -0.375. The topological polar surface area (TPSA) is 65.2 Å². The first-order chi connectivity index (χ1) is 12.1. The van der Waals surface area contributed by atoms with E-state index in [2.05, 4.69) is 4.98 Å². The molecule has 3 rings (SSSR count). The predicted octanol–water partition coefficient (Wildman–Crippen LogP) is 4.25. The summed E-state index contributed by atoms with van der Waals surface area (Å²) in [7, 11) is 0. The Kier molecular flexibility index (Phi) is 5.58. The average molecular weight is 352 g/mol. The molecule has 128 valence electrons. The highest BCUT2D eigenvalue weighted by molar-refractivity contribution is 7.13. The van der Waals surface area contributed by atoms with Crippen LogP contribution in [0.15, 0.2) is 60.1 Å². The van der Waals surface area contributed by atoms with E-state index in [1.807, 2.05) is 67.0 Å². The lowest BCUT2D eigenvalue weighted by atomic mass is 10.0. The Morgan fingerprint density at radius 1 is 1.16 bits per heavy atom. The van der Waals surface area contributed by atoms with Gasteiger partial charge in [-0.05, 0) is 23.6 Å². The van der Waals surface area contributed by atoms with Gasteiger partial charge in [-0.3, -0.25) is 4.79 Å². The lowest BCUT2D eigenvalue weighted by Gasteiger charge is -2.12. The van der Waals surface area contributed by atoms with Crippen LogP contribution >= 0.6 is 11.3 Å². The first kappa shape index (κ1) is 17.3. The van der Waals surface area contributed by atoms with Gasteiger partial charge in [0.1, 0.15) is 6.61 Å². The van der Waals surface area contributed by atoms with Crippen molar-refractivity contribution < 1.29 is 9.53 Å². The number of benzene rings is 2. The Morgan fingerprint density at radius 3 is 2.52 bits per heavy atom. The van der Waals surface area contributed by atoms with E-state index in [9.17, 15) is 4.79 Å². The number of aryl methyl sites for hydroxylation is 1. The van der Waals surface area contributed by atoms with E-state index in [4.69, 9.17) is 10.5 Å². The molecule has 0 amide bonds. The number of aromatic nitrogens is 1. The van der Waals surface area contributed by atoms with E-state index in [1.165, 1.54) is 0 Å². The van der Waals surface area contributed by atoms with Gasteiger partial charge in [0, 0.05) is 6.04 Å². The molecule has 1 aromatic heterocycles. The molecule has 0 spiro atoms. The van der Waals surface area contributed by atoms with Crippen LogP contribution in [0.25, 0.3) is 10.4 Å².